The first-order valence-electron chi connectivity index (χ1n) is 12.0. The summed E-state index contributed by atoms with van der Waals surface area (Å²) < 4.78 is 25.8. The molecule has 3 aromatic carbocycles. The van der Waals surface area contributed by atoms with Gasteiger partial charge in [-0.2, -0.15) is 9.97 Å². The summed E-state index contributed by atoms with van der Waals surface area (Å²) in [5, 5.41) is 14.6. The van der Waals surface area contributed by atoms with Gasteiger partial charge in [0.2, 0.25) is 0 Å². The molecule has 0 spiro atoms. The molecule has 0 atom stereocenters. The van der Waals surface area contributed by atoms with Gasteiger partial charge in [-0.25, -0.2) is 9.18 Å². The van der Waals surface area contributed by atoms with Crippen LogP contribution in [0.25, 0.3) is 43.9 Å². The maximum atomic E-state index is 14.9. The molecule has 3 heterocycles. The number of hydrogen-bond donors (Lipinski definition) is 3. The van der Waals surface area contributed by atoms with Gasteiger partial charge in [-0.1, -0.05) is 30.3 Å². The summed E-state index contributed by atoms with van der Waals surface area (Å²) in [7, 11) is 1.38. The lowest BCUT2D eigenvalue weighted by Gasteiger charge is -2.14. The normalized spacial score (nSPS) is 11.4. The number of para-hydroxylation sites is 1. The molecule has 10 heteroatoms. The molecule has 0 radical (unpaired) electrons. The van der Waals surface area contributed by atoms with E-state index in [0.29, 0.717) is 16.5 Å². The molecule has 6 aromatic rings. The summed E-state index contributed by atoms with van der Waals surface area (Å²) in [5.74, 6) is -0.787. The number of anilines is 1. The summed E-state index contributed by atoms with van der Waals surface area (Å²) in [4.78, 5) is 38.1. The fourth-order valence-electron chi connectivity index (χ4n) is 4.82. The number of aromatic nitrogens is 3. The van der Waals surface area contributed by atoms with Gasteiger partial charge in [0.25, 0.3) is 0 Å². The van der Waals surface area contributed by atoms with Crippen LogP contribution in [-0.4, -0.2) is 39.5 Å². The Hall–Kier alpha value is -5.25. The van der Waals surface area contributed by atoms with Gasteiger partial charge in [0.05, 0.1) is 19.2 Å². The highest BCUT2D eigenvalue weighted by molar-refractivity contribution is 6.10. The van der Waals surface area contributed by atoms with E-state index in [1.165, 1.54) is 31.4 Å². The number of phenols is 1. The molecule has 6 rings (SSSR count). The molecular weight excluding hydrogens is 503 g/mol. The molecule has 0 saturated heterocycles. The summed E-state index contributed by atoms with van der Waals surface area (Å²) in [5.41, 5.74) is 1.31. The minimum absolute atomic E-state index is 0.00806. The molecule has 0 aliphatic rings. The van der Waals surface area contributed by atoms with E-state index in [9.17, 15) is 19.1 Å². The maximum Gasteiger partial charge on any atom is 0.349 e. The molecule has 9 nitrogen and oxygen atoms in total. The Morgan fingerprint density at radius 2 is 1.95 bits per heavy atom. The number of ketones is 1. The van der Waals surface area contributed by atoms with Crippen molar-refractivity contribution in [3.63, 3.8) is 0 Å². The first-order valence-corrected chi connectivity index (χ1v) is 12.0. The lowest BCUT2D eigenvalue weighted by Crippen LogP contribution is -2.17. The second kappa shape index (κ2) is 9.25. The van der Waals surface area contributed by atoms with E-state index in [1.807, 2.05) is 24.3 Å². The average Bonchev–Trinajstić information content (AvgIpc) is 3.37. The zero-order chi connectivity index (χ0) is 27.3. The van der Waals surface area contributed by atoms with Crippen molar-refractivity contribution < 1.29 is 23.4 Å². The minimum atomic E-state index is -0.803. The standard InChI is InChI=1S/C29H21FN4O5/c1-14-25-24(28(37)39-26(14)18-11-16(35)10-15-6-5-8-20(30)23(15)18)27(34-29(33-25)38-2)32-13-22(36)19-12-31-21-9-4-3-7-17(19)21/h3-12,31,35H,13H2,1-2H3,(H,32,33,34). The second-order valence-corrected chi connectivity index (χ2v) is 8.98. The number of aryl methyl sites for hydroxylation is 1. The van der Waals surface area contributed by atoms with Crippen LogP contribution in [0.15, 0.2) is 70.0 Å². The average molecular weight is 525 g/mol. The quantitative estimate of drug-likeness (QED) is 0.249. The Morgan fingerprint density at radius 1 is 1.13 bits per heavy atom. The minimum Gasteiger partial charge on any atom is -0.508 e. The summed E-state index contributed by atoms with van der Waals surface area (Å²) >= 11 is 0. The number of Topliss-reactive ketones (excluding diaryl/α,β-unsaturated/α-hetero) is 1. The molecule has 0 bridgehead atoms. The number of nitrogens with zero attached hydrogens (tertiary/aromatic N) is 2. The van der Waals surface area contributed by atoms with Crippen molar-refractivity contribution in [2.24, 2.45) is 0 Å². The first kappa shape index (κ1) is 24.1. The number of fused-ring (bicyclic) bond motifs is 3. The molecule has 0 aliphatic carbocycles. The Balaban J connectivity index is 1.47. The predicted molar refractivity (Wildman–Crippen MR) is 145 cm³/mol. The van der Waals surface area contributed by atoms with E-state index < -0.39 is 11.4 Å². The van der Waals surface area contributed by atoms with Crippen molar-refractivity contribution in [3.05, 3.63) is 88.2 Å². The highest BCUT2D eigenvalue weighted by Gasteiger charge is 2.23. The van der Waals surface area contributed by atoms with Gasteiger partial charge in [0.1, 0.15) is 28.5 Å². The van der Waals surface area contributed by atoms with E-state index in [0.717, 1.165) is 10.9 Å². The Labute approximate surface area is 219 Å². The van der Waals surface area contributed by atoms with Crippen LogP contribution < -0.4 is 15.7 Å². The van der Waals surface area contributed by atoms with E-state index in [4.69, 9.17) is 9.15 Å². The fourth-order valence-corrected chi connectivity index (χ4v) is 4.82. The number of rotatable bonds is 6. The van der Waals surface area contributed by atoms with E-state index in [-0.39, 0.29) is 57.5 Å². The Bertz CT molecular complexity index is 2000. The van der Waals surface area contributed by atoms with Crippen molar-refractivity contribution in [1.82, 2.24) is 15.0 Å². The van der Waals surface area contributed by atoms with Gasteiger partial charge in [-0.3, -0.25) is 4.79 Å². The number of carbonyl (C=O) groups is 1. The number of H-pyrrole nitrogens is 1. The third kappa shape index (κ3) is 4.02. The zero-order valence-electron chi connectivity index (χ0n) is 20.8. The monoisotopic (exact) mass is 524 g/mol. The number of nitrogens with one attached hydrogen (secondary N) is 2. The molecule has 194 valence electrons. The number of halogens is 1. The molecule has 3 N–H and O–H groups in total. The van der Waals surface area contributed by atoms with Gasteiger partial charge in [-0.05, 0) is 36.6 Å². The predicted octanol–water partition coefficient (Wildman–Crippen LogP) is 5.34. The van der Waals surface area contributed by atoms with E-state index in [1.54, 1.807) is 19.2 Å². The molecule has 3 aromatic heterocycles. The lowest BCUT2D eigenvalue weighted by atomic mass is 9.98. The van der Waals surface area contributed by atoms with E-state index in [2.05, 4.69) is 20.3 Å². The topological polar surface area (TPSA) is 130 Å². The Morgan fingerprint density at radius 3 is 2.77 bits per heavy atom. The number of aromatic amines is 1. The van der Waals surface area contributed by atoms with Crippen LogP contribution in [0, 0.1) is 12.7 Å². The van der Waals surface area contributed by atoms with Gasteiger partial charge in [-0.15, -0.1) is 0 Å². The number of carbonyl (C=O) groups excluding carboxylic acids is 1. The Kier molecular flexibility index (Phi) is 5.72. The third-order valence-electron chi connectivity index (χ3n) is 6.63. The van der Waals surface area contributed by atoms with Crippen LogP contribution in [-0.2, 0) is 0 Å². The highest BCUT2D eigenvalue weighted by atomic mass is 19.1. The molecule has 0 aliphatic heterocycles. The number of benzene rings is 3. The van der Waals surface area contributed by atoms with Crippen LogP contribution >= 0.6 is 0 Å². The second-order valence-electron chi connectivity index (χ2n) is 8.98. The zero-order valence-corrected chi connectivity index (χ0v) is 20.8. The van der Waals surface area contributed by atoms with Gasteiger partial charge >= 0.3 is 11.6 Å². The van der Waals surface area contributed by atoms with E-state index >= 15 is 0 Å². The SMILES string of the molecule is COc1nc(NCC(=O)c2c[nH]c3ccccc23)c2c(=O)oc(-c3cc(O)cc4cccc(F)c34)c(C)c2n1. The summed E-state index contributed by atoms with van der Waals surface area (Å²) in [6.07, 6.45) is 1.64. The first-order chi connectivity index (χ1) is 18.9. The van der Waals surface area contributed by atoms with Crippen LogP contribution in [0.2, 0.25) is 0 Å². The van der Waals surface area contributed by atoms with Crippen molar-refractivity contribution in [1.29, 1.82) is 0 Å². The van der Waals surface area contributed by atoms with Crippen LogP contribution in [0.3, 0.4) is 0 Å². The van der Waals surface area contributed by atoms with Crippen molar-refractivity contribution >= 4 is 44.2 Å². The van der Waals surface area contributed by atoms with Crippen molar-refractivity contribution in [3.8, 4) is 23.1 Å². The number of methoxy groups -OCH3 is 1. The molecule has 0 saturated carbocycles. The molecule has 39 heavy (non-hydrogen) atoms. The molecule has 0 amide bonds. The number of aromatic hydroxyl groups is 1. The van der Waals surface area contributed by atoms with Gasteiger partial charge < -0.3 is 24.6 Å². The largest absolute Gasteiger partial charge is 0.508 e. The molecule has 0 unspecified atom stereocenters. The third-order valence-corrected chi connectivity index (χ3v) is 6.63. The maximum absolute atomic E-state index is 14.9. The molecule has 0 fully saturated rings. The van der Waals surface area contributed by atoms with Gasteiger partial charge in [0, 0.05) is 39.2 Å². The fraction of sp³-hybridized carbons (Fsp3) is 0.103. The highest BCUT2D eigenvalue weighted by Crippen LogP contribution is 2.37. The van der Waals surface area contributed by atoms with Crippen molar-refractivity contribution in [2.45, 2.75) is 6.92 Å². The van der Waals surface area contributed by atoms with Crippen LogP contribution in [0.4, 0.5) is 10.2 Å². The van der Waals surface area contributed by atoms with Crippen molar-refractivity contribution in [2.75, 3.05) is 19.0 Å². The summed E-state index contributed by atoms with van der Waals surface area (Å²) in [6, 6.07) is 14.6. The smallest absolute Gasteiger partial charge is 0.349 e. The molecular formula is C29H21FN4O5. The number of phenolic OH excluding ortho intramolecular Hbond substituents is 1. The van der Waals surface area contributed by atoms with Crippen LogP contribution in [0.1, 0.15) is 15.9 Å². The lowest BCUT2D eigenvalue weighted by molar-refractivity contribution is 0.101. The number of ether oxygens (including phenoxy) is 1. The summed E-state index contributed by atoms with van der Waals surface area (Å²) in [6.45, 7) is 1.49. The van der Waals surface area contributed by atoms with Gasteiger partial charge in [0.15, 0.2) is 5.78 Å². The van der Waals surface area contributed by atoms with Crippen LogP contribution in [0.5, 0.6) is 11.8 Å². The number of hydrogen-bond acceptors (Lipinski definition) is 8.